The number of aromatic nitrogens is 1. The van der Waals surface area contributed by atoms with Crippen molar-refractivity contribution in [2.24, 2.45) is 0 Å². The number of nitrogens with zero attached hydrogens (tertiary/aromatic N) is 1. The van der Waals surface area contributed by atoms with Crippen molar-refractivity contribution in [1.82, 2.24) is 4.98 Å². The van der Waals surface area contributed by atoms with Gasteiger partial charge in [-0.25, -0.2) is 9.78 Å². The Morgan fingerprint density at radius 1 is 1.04 bits per heavy atom. The monoisotopic (exact) mass is 331 g/mol. The maximum absolute atomic E-state index is 11.9. The number of carboxylic acids is 1. The molecule has 2 aromatic heterocycles. The van der Waals surface area contributed by atoms with Gasteiger partial charge in [0.25, 0.3) is 0 Å². The van der Waals surface area contributed by atoms with Crippen LogP contribution in [0.5, 0.6) is 0 Å². The molecule has 0 radical (unpaired) electrons. The third-order valence-electron chi connectivity index (χ3n) is 4.51. The number of para-hydroxylation sites is 1. The predicted octanol–water partition coefficient (Wildman–Crippen LogP) is 5.27. The molecule has 0 atom stereocenters. The van der Waals surface area contributed by atoms with Crippen LogP contribution in [0.1, 0.15) is 27.2 Å². The summed E-state index contributed by atoms with van der Waals surface area (Å²) in [7, 11) is 0. The fourth-order valence-electron chi connectivity index (χ4n) is 3.47. The Hall–Kier alpha value is -3.14. The number of benzene rings is 2. The Bertz CT molecular complexity index is 1150. The number of carboxylic acid groups (broad SMARTS) is 1. The summed E-state index contributed by atoms with van der Waals surface area (Å²) in [6, 6.07) is 13.3. The van der Waals surface area contributed by atoms with E-state index in [0.717, 1.165) is 33.4 Å². The van der Waals surface area contributed by atoms with Gasteiger partial charge in [-0.15, -0.1) is 0 Å². The van der Waals surface area contributed by atoms with Crippen molar-refractivity contribution in [2.45, 2.75) is 20.8 Å². The number of aromatic carboxylic acids is 1. The van der Waals surface area contributed by atoms with Crippen molar-refractivity contribution in [3.63, 3.8) is 0 Å². The van der Waals surface area contributed by atoms with Crippen molar-refractivity contribution < 1.29 is 14.3 Å². The minimum Gasteiger partial charge on any atom is -0.478 e. The molecule has 2 aromatic carbocycles. The Balaban J connectivity index is 2.12. The topological polar surface area (TPSA) is 63.3 Å². The van der Waals surface area contributed by atoms with Gasteiger partial charge in [-0.2, -0.15) is 0 Å². The first-order valence-electron chi connectivity index (χ1n) is 8.09. The smallest absolute Gasteiger partial charge is 0.336 e. The highest BCUT2D eigenvalue weighted by molar-refractivity contribution is 6.06. The molecule has 1 N–H and O–H groups in total. The van der Waals surface area contributed by atoms with E-state index in [-0.39, 0.29) is 5.56 Å². The van der Waals surface area contributed by atoms with Gasteiger partial charge < -0.3 is 9.52 Å². The molecular weight excluding hydrogens is 314 g/mol. The van der Waals surface area contributed by atoms with E-state index in [1.54, 1.807) is 6.07 Å². The van der Waals surface area contributed by atoms with E-state index in [1.807, 2.05) is 57.2 Å². The number of furan rings is 1. The standard InChI is InChI=1S/C21H17NO3/c1-11-8-12(2)20-15(9-11)16(21(23)24)10-17(22-20)19-13(3)25-18-7-5-4-6-14(18)19/h4-10H,1-3H3,(H,23,24). The van der Waals surface area contributed by atoms with Crippen LogP contribution in [0, 0.1) is 20.8 Å². The molecule has 0 saturated heterocycles. The van der Waals surface area contributed by atoms with Gasteiger partial charge in [0.1, 0.15) is 11.3 Å². The molecule has 25 heavy (non-hydrogen) atoms. The molecule has 4 rings (SSSR count). The van der Waals surface area contributed by atoms with Crippen molar-refractivity contribution >= 4 is 27.8 Å². The summed E-state index contributed by atoms with van der Waals surface area (Å²) in [4.78, 5) is 16.6. The van der Waals surface area contributed by atoms with Gasteiger partial charge in [0, 0.05) is 16.3 Å². The van der Waals surface area contributed by atoms with Crippen molar-refractivity contribution in [2.75, 3.05) is 0 Å². The highest BCUT2D eigenvalue weighted by atomic mass is 16.4. The first-order valence-corrected chi connectivity index (χ1v) is 8.09. The second-order valence-corrected chi connectivity index (χ2v) is 6.37. The lowest BCUT2D eigenvalue weighted by Crippen LogP contribution is -2.02. The van der Waals surface area contributed by atoms with E-state index in [0.29, 0.717) is 16.6 Å². The predicted molar refractivity (Wildman–Crippen MR) is 98.1 cm³/mol. The quantitative estimate of drug-likeness (QED) is 0.543. The van der Waals surface area contributed by atoms with Crippen LogP contribution in [0.4, 0.5) is 0 Å². The second kappa shape index (κ2) is 5.45. The molecule has 0 saturated carbocycles. The summed E-state index contributed by atoms with van der Waals surface area (Å²) >= 11 is 0. The van der Waals surface area contributed by atoms with Crippen LogP contribution in [0.15, 0.2) is 46.9 Å². The molecule has 2 heterocycles. The van der Waals surface area contributed by atoms with Crippen LogP contribution in [0.3, 0.4) is 0 Å². The molecule has 124 valence electrons. The van der Waals surface area contributed by atoms with Gasteiger partial charge in [0.05, 0.1) is 16.8 Å². The molecule has 0 bridgehead atoms. The number of fused-ring (bicyclic) bond motifs is 2. The van der Waals surface area contributed by atoms with Gasteiger partial charge in [-0.3, -0.25) is 0 Å². The van der Waals surface area contributed by atoms with Crippen LogP contribution < -0.4 is 0 Å². The molecule has 0 aliphatic carbocycles. The summed E-state index contributed by atoms with van der Waals surface area (Å²) in [6.07, 6.45) is 0. The molecule has 0 unspecified atom stereocenters. The van der Waals surface area contributed by atoms with Crippen LogP contribution in [-0.4, -0.2) is 16.1 Å². The number of hydrogen-bond acceptors (Lipinski definition) is 3. The lowest BCUT2D eigenvalue weighted by molar-refractivity contribution is 0.0699. The highest BCUT2D eigenvalue weighted by Crippen LogP contribution is 2.35. The number of hydrogen-bond donors (Lipinski definition) is 1. The largest absolute Gasteiger partial charge is 0.478 e. The van der Waals surface area contributed by atoms with E-state index < -0.39 is 5.97 Å². The Morgan fingerprint density at radius 2 is 1.80 bits per heavy atom. The molecule has 0 spiro atoms. The molecule has 0 amide bonds. The first-order chi connectivity index (χ1) is 12.0. The minimum atomic E-state index is -0.955. The van der Waals surface area contributed by atoms with Crippen LogP contribution in [0.2, 0.25) is 0 Å². The fraction of sp³-hybridized carbons (Fsp3) is 0.143. The SMILES string of the molecule is Cc1cc(C)c2nc(-c3c(C)oc4ccccc34)cc(C(=O)O)c2c1. The maximum Gasteiger partial charge on any atom is 0.336 e. The summed E-state index contributed by atoms with van der Waals surface area (Å²) < 4.78 is 5.83. The lowest BCUT2D eigenvalue weighted by atomic mass is 9.99. The Morgan fingerprint density at radius 3 is 2.56 bits per heavy atom. The van der Waals surface area contributed by atoms with Crippen molar-refractivity contribution in [1.29, 1.82) is 0 Å². The van der Waals surface area contributed by atoms with Crippen molar-refractivity contribution in [3.05, 3.63) is 64.9 Å². The summed E-state index contributed by atoms with van der Waals surface area (Å²) in [6.45, 7) is 5.79. The number of carbonyl (C=O) groups is 1. The highest BCUT2D eigenvalue weighted by Gasteiger charge is 2.19. The third kappa shape index (κ3) is 2.38. The van der Waals surface area contributed by atoms with Crippen LogP contribution in [-0.2, 0) is 0 Å². The molecule has 4 nitrogen and oxygen atoms in total. The molecule has 4 aromatic rings. The summed E-state index contributed by atoms with van der Waals surface area (Å²) in [5, 5.41) is 11.3. The molecule has 0 aliphatic rings. The average molecular weight is 331 g/mol. The number of pyridine rings is 1. The zero-order valence-corrected chi connectivity index (χ0v) is 14.3. The Labute approximate surface area is 144 Å². The fourth-order valence-corrected chi connectivity index (χ4v) is 3.47. The van der Waals surface area contributed by atoms with Gasteiger partial charge in [-0.1, -0.05) is 29.8 Å². The van der Waals surface area contributed by atoms with Crippen LogP contribution in [0.25, 0.3) is 33.1 Å². The second-order valence-electron chi connectivity index (χ2n) is 6.37. The molecular formula is C21H17NO3. The van der Waals surface area contributed by atoms with E-state index in [9.17, 15) is 9.90 Å². The first kappa shape index (κ1) is 15.4. The number of aryl methyl sites for hydroxylation is 3. The minimum absolute atomic E-state index is 0.261. The van der Waals surface area contributed by atoms with Crippen molar-refractivity contribution in [3.8, 4) is 11.3 Å². The van der Waals surface area contributed by atoms with E-state index in [4.69, 9.17) is 9.40 Å². The normalized spacial score (nSPS) is 11.3. The molecule has 4 heteroatoms. The van der Waals surface area contributed by atoms with Gasteiger partial charge in [0.15, 0.2) is 0 Å². The summed E-state index contributed by atoms with van der Waals surface area (Å²) in [5.41, 5.74) is 5.20. The lowest BCUT2D eigenvalue weighted by Gasteiger charge is -2.10. The van der Waals surface area contributed by atoms with E-state index in [2.05, 4.69) is 0 Å². The summed E-state index contributed by atoms with van der Waals surface area (Å²) in [5.74, 6) is -0.224. The van der Waals surface area contributed by atoms with Gasteiger partial charge in [-0.05, 0) is 44.5 Å². The van der Waals surface area contributed by atoms with E-state index in [1.165, 1.54) is 0 Å². The zero-order chi connectivity index (χ0) is 17.7. The van der Waals surface area contributed by atoms with Crippen LogP contribution >= 0.6 is 0 Å². The van der Waals surface area contributed by atoms with E-state index >= 15 is 0 Å². The van der Waals surface area contributed by atoms with Gasteiger partial charge in [0.2, 0.25) is 0 Å². The molecule has 0 fully saturated rings. The van der Waals surface area contributed by atoms with Gasteiger partial charge >= 0.3 is 5.97 Å². The zero-order valence-electron chi connectivity index (χ0n) is 14.3. The molecule has 0 aliphatic heterocycles. The number of rotatable bonds is 2. The third-order valence-corrected chi connectivity index (χ3v) is 4.51. The maximum atomic E-state index is 11.9. The average Bonchev–Trinajstić information content (AvgIpc) is 2.89. The Kier molecular flexibility index (Phi) is 3.35.